The smallest absolute Gasteiger partial charge is 0.408 e. The molecule has 0 radical (unpaired) electrons. The predicted octanol–water partition coefficient (Wildman–Crippen LogP) is 1.52. The van der Waals surface area contributed by atoms with Crippen LogP contribution in [0.4, 0.5) is 5.69 Å². The molecule has 0 aromatic heterocycles. The lowest BCUT2D eigenvalue weighted by Gasteiger charge is -2.16. The summed E-state index contributed by atoms with van der Waals surface area (Å²) in [5.41, 5.74) is 2.22. The van der Waals surface area contributed by atoms with Crippen LogP contribution in [-0.4, -0.2) is 34.4 Å². The number of hydrogen-bond donors (Lipinski definition) is 0. The zero-order valence-corrected chi connectivity index (χ0v) is 10.6. The van der Waals surface area contributed by atoms with E-state index in [1.54, 1.807) is 0 Å². The van der Waals surface area contributed by atoms with E-state index in [9.17, 15) is 0 Å². The Hall–Kier alpha value is -0.995. The molecule has 1 aromatic rings. The molecule has 1 rings (SSSR count). The molecule has 0 N–H and O–H groups in total. The Morgan fingerprint density at radius 1 is 1.12 bits per heavy atom. The molecular formula is C12H20BNO2. The second-order valence-corrected chi connectivity index (χ2v) is 3.73. The van der Waals surface area contributed by atoms with E-state index in [0.29, 0.717) is 13.2 Å². The molecule has 0 aliphatic rings. The Morgan fingerprint density at radius 3 is 2.25 bits per heavy atom. The van der Waals surface area contributed by atoms with Crippen molar-refractivity contribution < 1.29 is 9.31 Å². The van der Waals surface area contributed by atoms with Crippen LogP contribution < -0.4 is 10.4 Å². The molecule has 0 aliphatic carbocycles. The van der Waals surface area contributed by atoms with Gasteiger partial charge in [-0.2, -0.15) is 0 Å². The van der Waals surface area contributed by atoms with Crippen molar-refractivity contribution in [3.8, 4) is 0 Å². The van der Waals surface area contributed by atoms with Crippen molar-refractivity contribution in [1.29, 1.82) is 0 Å². The van der Waals surface area contributed by atoms with Crippen molar-refractivity contribution in [3.63, 3.8) is 0 Å². The minimum absolute atomic E-state index is 0.255. The standard InChI is InChI=1S/C12H20BNO2/c1-5-15-13(16-6-2)11-8-7-9-12(10-11)14(3)4/h7-10H,5-6H2,1-4H3. The van der Waals surface area contributed by atoms with E-state index in [2.05, 4.69) is 17.0 Å². The van der Waals surface area contributed by atoms with Crippen molar-refractivity contribution >= 4 is 18.3 Å². The fraction of sp³-hybridized carbons (Fsp3) is 0.500. The van der Waals surface area contributed by atoms with Gasteiger partial charge in [0.25, 0.3) is 0 Å². The van der Waals surface area contributed by atoms with E-state index < -0.39 is 0 Å². The van der Waals surface area contributed by atoms with Crippen LogP contribution in [0.2, 0.25) is 0 Å². The first-order chi connectivity index (χ1) is 7.69. The molecule has 1 aromatic carbocycles. The van der Waals surface area contributed by atoms with Gasteiger partial charge in [0.2, 0.25) is 0 Å². The largest absolute Gasteiger partial charge is 0.493 e. The zero-order chi connectivity index (χ0) is 12.0. The van der Waals surface area contributed by atoms with Gasteiger partial charge in [0.15, 0.2) is 0 Å². The first-order valence-corrected chi connectivity index (χ1v) is 5.69. The van der Waals surface area contributed by atoms with E-state index in [1.165, 1.54) is 0 Å². The maximum Gasteiger partial charge on any atom is 0.493 e. The summed E-state index contributed by atoms with van der Waals surface area (Å²) in [5, 5.41) is 0. The Labute approximate surface area is 98.5 Å². The minimum atomic E-state index is -0.255. The molecule has 0 atom stereocenters. The number of nitrogens with zero attached hydrogens (tertiary/aromatic N) is 1. The number of benzene rings is 1. The molecule has 0 amide bonds. The average Bonchev–Trinajstić information content (AvgIpc) is 2.29. The fourth-order valence-electron chi connectivity index (χ4n) is 1.49. The SMILES string of the molecule is CCOB(OCC)c1cccc(N(C)C)c1. The molecule has 0 aliphatic heterocycles. The van der Waals surface area contributed by atoms with Crippen molar-refractivity contribution in [1.82, 2.24) is 0 Å². The highest BCUT2D eigenvalue weighted by Gasteiger charge is 2.20. The molecule has 0 saturated carbocycles. The Morgan fingerprint density at radius 2 is 1.75 bits per heavy atom. The third-order valence-electron chi connectivity index (χ3n) is 2.29. The summed E-state index contributed by atoms with van der Waals surface area (Å²) < 4.78 is 11.1. The van der Waals surface area contributed by atoms with E-state index in [0.717, 1.165) is 11.2 Å². The van der Waals surface area contributed by atoms with Crippen LogP contribution >= 0.6 is 0 Å². The molecular weight excluding hydrogens is 201 g/mol. The van der Waals surface area contributed by atoms with E-state index in [1.807, 2.05) is 40.1 Å². The fourth-order valence-corrected chi connectivity index (χ4v) is 1.49. The third kappa shape index (κ3) is 3.54. The second kappa shape index (κ2) is 6.56. The van der Waals surface area contributed by atoms with Gasteiger partial charge in [-0.1, -0.05) is 12.1 Å². The van der Waals surface area contributed by atoms with Gasteiger partial charge >= 0.3 is 7.12 Å². The summed E-state index contributed by atoms with van der Waals surface area (Å²) in [5.74, 6) is 0. The summed E-state index contributed by atoms with van der Waals surface area (Å²) in [7, 11) is 3.79. The van der Waals surface area contributed by atoms with Crippen LogP contribution in [0.25, 0.3) is 0 Å². The summed E-state index contributed by atoms with van der Waals surface area (Å²) >= 11 is 0. The lowest BCUT2D eigenvalue weighted by molar-refractivity contribution is 0.225. The van der Waals surface area contributed by atoms with Gasteiger partial charge in [-0.3, -0.25) is 0 Å². The van der Waals surface area contributed by atoms with Crippen LogP contribution in [-0.2, 0) is 9.31 Å². The quantitative estimate of drug-likeness (QED) is 0.680. The minimum Gasteiger partial charge on any atom is -0.408 e. The van der Waals surface area contributed by atoms with Crippen molar-refractivity contribution in [2.45, 2.75) is 13.8 Å². The molecule has 16 heavy (non-hydrogen) atoms. The molecule has 3 nitrogen and oxygen atoms in total. The lowest BCUT2D eigenvalue weighted by atomic mass is 9.78. The first kappa shape index (κ1) is 13.1. The average molecular weight is 221 g/mol. The number of rotatable bonds is 6. The molecule has 0 heterocycles. The highest BCUT2D eigenvalue weighted by atomic mass is 16.6. The third-order valence-corrected chi connectivity index (χ3v) is 2.29. The Kier molecular flexibility index (Phi) is 5.36. The van der Waals surface area contributed by atoms with Gasteiger partial charge in [0.05, 0.1) is 0 Å². The van der Waals surface area contributed by atoms with Crippen LogP contribution in [0.15, 0.2) is 24.3 Å². The highest BCUT2D eigenvalue weighted by molar-refractivity contribution is 6.61. The number of hydrogen-bond acceptors (Lipinski definition) is 3. The maximum absolute atomic E-state index is 5.56. The Balaban J connectivity index is 2.86. The van der Waals surface area contributed by atoms with Crippen molar-refractivity contribution in [3.05, 3.63) is 24.3 Å². The second-order valence-electron chi connectivity index (χ2n) is 3.73. The van der Waals surface area contributed by atoms with Crippen molar-refractivity contribution in [2.75, 3.05) is 32.2 Å². The maximum atomic E-state index is 5.56. The molecule has 0 bridgehead atoms. The number of anilines is 1. The molecule has 4 heteroatoms. The lowest BCUT2D eigenvalue weighted by Crippen LogP contribution is -2.37. The van der Waals surface area contributed by atoms with Gasteiger partial charge in [-0.25, -0.2) is 0 Å². The van der Waals surface area contributed by atoms with Crippen molar-refractivity contribution in [2.24, 2.45) is 0 Å². The van der Waals surface area contributed by atoms with Crippen LogP contribution in [0.5, 0.6) is 0 Å². The van der Waals surface area contributed by atoms with E-state index in [-0.39, 0.29) is 7.12 Å². The summed E-state index contributed by atoms with van der Waals surface area (Å²) in [6.45, 7) is 5.25. The van der Waals surface area contributed by atoms with Gasteiger partial charge < -0.3 is 14.2 Å². The zero-order valence-electron chi connectivity index (χ0n) is 10.6. The molecule has 88 valence electrons. The first-order valence-electron chi connectivity index (χ1n) is 5.69. The van der Waals surface area contributed by atoms with Gasteiger partial charge in [0, 0.05) is 33.0 Å². The summed E-state index contributed by atoms with van der Waals surface area (Å²) in [4.78, 5) is 2.07. The van der Waals surface area contributed by atoms with Crippen LogP contribution in [0, 0.1) is 0 Å². The molecule has 0 unspecified atom stereocenters. The Bertz CT molecular complexity index is 312. The van der Waals surface area contributed by atoms with Gasteiger partial charge in [-0.05, 0) is 31.4 Å². The van der Waals surface area contributed by atoms with E-state index >= 15 is 0 Å². The molecule has 0 fully saturated rings. The molecule has 0 saturated heterocycles. The van der Waals surface area contributed by atoms with Crippen LogP contribution in [0.1, 0.15) is 13.8 Å². The topological polar surface area (TPSA) is 21.7 Å². The normalized spacial score (nSPS) is 10.2. The van der Waals surface area contributed by atoms with E-state index in [4.69, 9.17) is 9.31 Å². The van der Waals surface area contributed by atoms with Gasteiger partial charge in [0.1, 0.15) is 0 Å². The van der Waals surface area contributed by atoms with Crippen LogP contribution in [0.3, 0.4) is 0 Å². The summed E-state index contributed by atoms with van der Waals surface area (Å²) in [6, 6.07) is 8.22. The molecule has 0 spiro atoms. The predicted molar refractivity (Wildman–Crippen MR) is 69.4 cm³/mol. The highest BCUT2D eigenvalue weighted by Crippen LogP contribution is 2.08. The monoisotopic (exact) mass is 221 g/mol. The summed E-state index contributed by atoms with van der Waals surface area (Å²) in [6.07, 6.45) is 0. The van der Waals surface area contributed by atoms with Gasteiger partial charge in [-0.15, -0.1) is 0 Å².